The molecular weight excluding hydrogens is 464 g/mol. The number of hydrogen-bond acceptors (Lipinski definition) is 7. The first kappa shape index (κ1) is 24.4. The number of nitrogens with one attached hydrogen (secondary N) is 2. The fourth-order valence-corrected chi connectivity index (χ4v) is 4.70. The number of rotatable bonds is 10. The minimum absolute atomic E-state index is 0.0263. The number of thiophene rings is 1. The smallest absolute Gasteiger partial charge is 0.338 e. The molecule has 0 fully saturated rings. The van der Waals surface area contributed by atoms with E-state index in [0.29, 0.717) is 5.75 Å². The molecule has 0 spiro atoms. The average Bonchev–Trinajstić information content (AvgIpc) is 3.35. The Morgan fingerprint density at radius 3 is 2.55 bits per heavy atom. The highest BCUT2D eigenvalue weighted by molar-refractivity contribution is 7.89. The van der Waals surface area contributed by atoms with Gasteiger partial charge in [0.05, 0.1) is 17.6 Å². The lowest BCUT2D eigenvalue weighted by atomic mass is 10.2. The van der Waals surface area contributed by atoms with Gasteiger partial charge in [0.2, 0.25) is 10.0 Å². The highest BCUT2D eigenvalue weighted by Crippen LogP contribution is 2.17. The third-order valence-electron chi connectivity index (χ3n) is 4.70. The standard InChI is InChI=1S/C23H24N2O6S2/c1-16(22(26)24-14-18-7-3-4-11-21(18)30-2)31-23(27)17-8-5-10-20(13-17)33(28,29)25-15-19-9-6-12-32-19/h3-13,16,25H,14-15H2,1-2H3,(H,24,26). The maximum absolute atomic E-state index is 12.6. The van der Waals surface area contributed by atoms with Crippen LogP contribution in [0.25, 0.3) is 0 Å². The monoisotopic (exact) mass is 488 g/mol. The minimum atomic E-state index is -3.83. The molecule has 0 aliphatic rings. The van der Waals surface area contributed by atoms with Crippen molar-refractivity contribution in [2.75, 3.05) is 7.11 Å². The number of carbonyl (C=O) groups excluding carboxylic acids is 2. The summed E-state index contributed by atoms with van der Waals surface area (Å²) in [5, 5.41) is 4.55. The molecule has 0 aliphatic carbocycles. The van der Waals surface area contributed by atoms with E-state index in [4.69, 9.17) is 9.47 Å². The highest BCUT2D eigenvalue weighted by atomic mass is 32.2. The zero-order chi connectivity index (χ0) is 23.8. The van der Waals surface area contributed by atoms with Crippen molar-refractivity contribution in [2.24, 2.45) is 0 Å². The molecule has 1 amide bonds. The molecule has 174 valence electrons. The Morgan fingerprint density at radius 1 is 1.03 bits per heavy atom. The first-order valence-electron chi connectivity index (χ1n) is 10.0. The topological polar surface area (TPSA) is 111 Å². The quantitative estimate of drug-likeness (QED) is 0.424. The van der Waals surface area contributed by atoms with Crippen molar-refractivity contribution in [1.82, 2.24) is 10.0 Å². The van der Waals surface area contributed by atoms with Crippen molar-refractivity contribution in [3.8, 4) is 5.75 Å². The fraction of sp³-hybridized carbons (Fsp3) is 0.217. The van der Waals surface area contributed by atoms with E-state index in [0.717, 1.165) is 10.4 Å². The third-order valence-corrected chi connectivity index (χ3v) is 6.97. The maximum Gasteiger partial charge on any atom is 0.338 e. The van der Waals surface area contributed by atoms with Crippen LogP contribution in [-0.4, -0.2) is 33.5 Å². The number of amides is 1. The predicted molar refractivity (Wildman–Crippen MR) is 125 cm³/mol. The van der Waals surface area contributed by atoms with Gasteiger partial charge in [0.1, 0.15) is 5.75 Å². The van der Waals surface area contributed by atoms with Crippen molar-refractivity contribution >= 4 is 33.2 Å². The summed E-state index contributed by atoms with van der Waals surface area (Å²) in [5.41, 5.74) is 0.804. The fourth-order valence-electron chi connectivity index (χ4n) is 2.91. The van der Waals surface area contributed by atoms with Gasteiger partial charge in [0, 0.05) is 23.5 Å². The van der Waals surface area contributed by atoms with Gasteiger partial charge in [0.25, 0.3) is 5.91 Å². The molecular formula is C23H24N2O6S2. The van der Waals surface area contributed by atoms with E-state index in [2.05, 4.69) is 10.0 Å². The van der Waals surface area contributed by atoms with Crippen LogP contribution in [-0.2, 0) is 32.6 Å². The molecule has 10 heteroatoms. The first-order chi connectivity index (χ1) is 15.8. The third kappa shape index (κ3) is 6.64. The van der Waals surface area contributed by atoms with Crippen molar-refractivity contribution in [1.29, 1.82) is 0 Å². The zero-order valence-corrected chi connectivity index (χ0v) is 19.7. The molecule has 3 rings (SSSR count). The molecule has 1 aromatic heterocycles. The number of hydrogen-bond donors (Lipinski definition) is 2. The lowest BCUT2D eigenvalue weighted by Crippen LogP contribution is -2.35. The summed E-state index contributed by atoms with van der Waals surface area (Å²) in [5.74, 6) is -0.658. The Hall–Kier alpha value is -3.21. The van der Waals surface area contributed by atoms with Crippen LogP contribution in [0, 0.1) is 0 Å². The summed E-state index contributed by atoms with van der Waals surface area (Å²) in [6.45, 7) is 1.80. The lowest BCUT2D eigenvalue weighted by Gasteiger charge is -2.15. The number of methoxy groups -OCH3 is 1. The first-order valence-corrected chi connectivity index (χ1v) is 12.4. The van der Waals surface area contributed by atoms with Crippen molar-refractivity contribution in [2.45, 2.75) is 31.0 Å². The van der Waals surface area contributed by atoms with E-state index in [1.54, 1.807) is 6.07 Å². The number of para-hydroxylation sites is 1. The normalized spacial score (nSPS) is 12.1. The van der Waals surface area contributed by atoms with Gasteiger partial charge in [-0.3, -0.25) is 4.79 Å². The molecule has 8 nitrogen and oxygen atoms in total. The second kappa shape index (κ2) is 11.1. The summed E-state index contributed by atoms with van der Waals surface area (Å²) >= 11 is 1.43. The van der Waals surface area contributed by atoms with Gasteiger partial charge in [-0.25, -0.2) is 17.9 Å². The van der Waals surface area contributed by atoms with E-state index in [1.165, 1.54) is 49.6 Å². The molecule has 0 saturated heterocycles. The Morgan fingerprint density at radius 2 is 1.82 bits per heavy atom. The van der Waals surface area contributed by atoms with Crippen LogP contribution in [0.2, 0.25) is 0 Å². The van der Waals surface area contributed by atoms with E-state index in [1.807, 2.05) is 35.7 Å². The van der Waals surface area contributed by atoms with Crippen LogP contribution in [0.1, 0.15) is 27.7 Å². The van der Waals surface area contributed by atoms with E-state index >= 15 is 0 Å². The van der Waals surface area contributed by atoms with Gasteiger partial charge in [0.15, 0.2) is 6.10 Å². The largest absolute Gasteiger partial charge is 0.496 e. The zero-order valence-electron chi connectivity index (χ0n) is 18.1. The van der Waals surface area contributed by atoms with Crippen LogP contribution in [0.5, 0.6) is 5.75 Å². The van der Waals surface area contributed by atoms with Gasteiger partial charge in [-0.2, -0.15) is 0 Å². The highest BCUT2D eigenvalue weighted by Gasteiger charge is 2.21. The van der Waals surface area contributed by atoms with Gasteiger partial charge in [-0.1, -0.05) is 30.3 Å². The van der Waals surface area contributed by atoms with Crippen molar-refractivity contribution in [3.05, 3.63) is 82.0 Å². The predicted octanol–water partition coefficient (Wildman–Crippen LogP) is 3.10. The van der Waals surface area contributed by atoms with E-state index < -0.39 is 28.0 Å². The molecule has 1 unspecified atom stereocenters. The molecule has 2 N–H and O–H groups in total. The number of sulfonamides is 1. The van der Waals surface area contributed by atoms with Crippen LogP contribution < -0.4 is 14.8 Å². The number of esters is 1. The second-order valence-electron chi connectivity index (χ2n) is 7.01. The van der Waals surface area contributed by atoms with Gasteiger partial charge in [-0.15, -0.1) is 11.3 Å². The Balaban J connectivity index is 1.59. The molecule has 2 aromatic carbocycles. The Labute approximate surface area is 196 Å². The summed E-state index contributed by atoms with van der Waals surface area (Å²) < 4.78 is 38.1. The molecule has 1 heterocycles. The SMILES string of the molecule is COc1ccccc1CNC(=O)C(C)OC(=O)c1cccc(S(=O)(=O)NCc2cccs2)c1. The maximum atomic E-state index is 12.6. The van der Waals surface area contributed by atoms with Gasteiger partial charge < -0.3 is 14.8 Å². The van der Waals surface area contributed by atoms with Crippen LogP contribution in [0.15, 0.2) is 70.9 Å². The van der Waals surface area contributed by atoms with Crippen molar-refractivity contribution in [3.63, 3.8) is 0 Å². The van der Waals surface area contributed by atoms with Crippen LogP contribution in [0.4, 0.5) is 0 Å². The molecule has 0 bridgehead atoms. The van der Waals surface area contributed by atoms with E-state index in [9.17, 15) is 18.0 Å². The summed E-state index contributed by atoms with van der Waals surface area (Å²) in [6, 6.07) is 16.4. The Kier molecular flexibility index (Phi) is 8.21. The van der Waals surface area contributed by atoms with Crippen LogP contribution in [0.3, 0.4) is 0 Å². The average molecular weight is 489 g/mol. The number of benzene rings is 2. The van der Waals surface area contributed by atoms with Crippen LogP contribution >= 0.6 is 11.3 Å². The molecule has 1 atom stereocenters. The molecule has 0 radical (unpaired) electrons. The minimum Gasteiger partial charge on any atom is -0.496 e. The second-order valence-corrected chi connectivity index (χ2v) is 9.81. The van der Waals surface area contributed by atoms with E-state index in [-0.39, 0.29) is 23.5 Å². The summed E-state index contributed by atoms with van der Waals surface area (Å²) in [6.07, 6.45) is -1.08. The van der Waals surface area contributed by atoms with Gasteiger partial charge in [-0.05, 0) is 42.6 Å². The Bertz CT molecular complexity index is 1210. The van der Waals surface area contributed by atoms with Gasteiger partial charge >= 0.3 is 5.97 Å². The number of carbonyl (C=O) groups is 2. The molecule has 0 saturated carbocycles. The molecule has 0 aliphatic heterocycles. The summed E-state index contributed by atoms with van der Waals surface area (Å²) in [4.78, 5) is 25.7. The van der Waals surface area contributed by atoms with Crippen molar-refractivity contribution < 1.29 is 27.5 Å². The summed E-state index contributed by atoms with van der Waals surface area (Å²) in [7, 11) is -2.29. The lowest BCUT2D eigenvalue weighted by molar-refractivity contribution is -0.129. The number of ether oxygens (including phenoxy) is 2. The molecule has 33 heavy (non-hydrogen) atoms. The molecule has 3 aromatic rings.